The average molecular weight is 322 g/mol. The third-order valence-electron chi connectivity index (χ3n) is 4.75. The van der Waals surface area contributed by atoms with Crippen molar-refractivity contribution in [2.75, 3.05) is 25.0 Å². The van der Waals surface area contributed by atoms with E-state index in [1.807, 2.05) is 13.8 Å². The monoisotopic (exact) mass is 322 g/mol. The van der Waals surface area contributed by atoms with Crippen molar-refractivity contribution in [2.45, 2.75) is 45.0 Å². The molecule has 0 radical (unpaired) electrons. The number of urea groups is 1. The van der Waals surface area contributed by atoms with Crippen molar-refractivity contribution in [1.29, 1.82) is 0 Å². The molecule has 0 unspecified atom stereocenters. The van der Waals surface area contributed by atoms with Crippen molar-refractivity contribution in [2.24, 2.45) is 0 Å². The molecule has 0 aliphatic carbocycles. The molecule has 0 aromatic heterocycles. The number of amides is 2. The lowest BCUT2D eigenvalue weighted by molar-refractivity contribution is -0.159. The number of anilines is 1. The van der Waals surface area contributed by atoms with Gasteiger partial charge in [-0.1, -0.05) is 12.1 Å². The number of hydrogen-bond donors (Lipinski definition) is 1. The van der Waals surface area contributed by atoms with E-state index in [0.717, 1.165) is 6.42 Å². The molecule has 0 bridgehead atoms. The lowest BCUT2D eigenvalue weighted by atomic mass is 9.93. The first-order valence-corrected chi connectivity index (χ1v) is 8.02. The van der Waals surface area contributed by atoms with Gasteiger partial charge in [0.15, 0.2) is 0 Å². The van der Waals surface area contributed by atoms with Crippen LogP contribution in [-0.2, 0) is 9.47 Å². The van der Waals surface area contributed by atoms with E-state index in [1.54, 1.807) is 24.0 Å². The predicted octanol–water partition coefficient (Wildman–Crippen LogP) is 2.93. The number of nitrogens with one attached hydrogen (secondary N) is 1. The van der Waals surface area contributed by atoms with Crippen LogP contribution < -0.4 is 5.32 Å². The van der Waals surface area contributed by atoms with Gasteiger partial charge in [-0.3, -0.25) is 0 Å². The molecule has 2 heterocycles. The predicted molar refractivity (Wildman–Crippen MR) is 85.0 cm³/mol. The minimum Gasteiger partial charge on any atom is -0.375 e. The molecule has 2 amide bonds. The summed E-state index contributed by atoms with van der Waals surface area (Å²) in [6.07, 6.45) is 0.622. The Hall–Kier alpha value is -1.66. The summed E-state index contributed by atoms with van der Waals surface area (Å²) in [5.41, 5.74) is 0.479. The number of ether oxygens (including phenoxy) is 2. The number of hydrogen-bond acceptors (Lipinski definition) is 3. The first-order chi connectivity index (χ1) is 10.9. The van der Waals surface area contributed by atoms with Crippen LogP contribution in [0.1, 0.15) is 25.8 Å². The molecule has 2 saturated heterocycles. The zero-order valence-corrected chi connectivity index (χ0v) is 13.8. The minimum absolute atomic E-state index is 0.0595. The van der Waals surface area contributed by atoms with Crippen molar-refractivity contribution in [3.8, 4) is 0 Å². The number of para-hydroxylation sites is 1. The summed E-state index contributed by atoms with van der Waals surface area (Å²) >= 11 is 0. The Kier molecular flexibility index (Phi) is 4.29. The molecule has 2 aliphatic heterocycles. The van der Waals surface area contributed by atoms with Gasteiger partial charge in [0.1, 0.15) is 11.4 Å². The Labute approximate surface area is 135 Å². The Morgan fingerprint density at radius 3 is 2.87 bits per heavy atom. The lowest BCUT2D eigenvalue weighted by Crippen LogP contribution is -2.60. The van der Waals surface area contributed by atoms with E-state index >= 15 is 0 Å². The maximum absolute atomic E-state index is 13.9. The highest BCUT2D eigenvalue weighted by atomic mass is 19.1. The molecule has 23 heavy (non-hydrogen) atoms. The molecule has 1 aromatic rings. The SMILES string of the molecule is Cc1cccc(F)c1NC(=O)N1C[C@H](C)O[C@@]2(CCO[C@H]2C)C1. The summed E-state index contributed by atoms with van der Waals surface area (Å²) in [5.74, 6) is -0.424. The quantitative estimate of drug-likeness (QED) is 0.865. The van der Waals surface area contributed by atoms with Gasteiger partial charge in [-0.2, -0.15) is 0 Å². The van der Waals surface area contributed by atoms with E-state index in [2.05, 4.69) is 5.32 Å². The second-order valence-electron chi connectivity index (χ2n) is 6.50. The maximum atomic E-state index is 13.9. The van der Waals surface area contributed by atoms with Crippen LogP contribution in [0.4, 0.5) is 14.9 Å². The number of aryl methyl sites for hydroxylation is 1. The van der Waals surface area contributed by atoms with Gasteiger partial charge in [0.2, 0.25) is 0 Å². The molecule has 2 fully saturated rings. The van der Waals surface area contributed by atoms with Crippen LogP contribution in [0.3, 0.4) is 0 Å². The smallest absolute Gasteiger partial charge is 0.322 e. The number of nitrogens with zero attached hydrogens (tertiary/aromatic N) is 1. The molecule has 1 N–H and O–H groups in total. The number of benzene rings is 1. The molecular formula is C17H23FN2O3. The number of halogens is 1. The van der Waals surface area contributed by atoms with Crippen molar-refractivity contribution in [3.63, 3.8) is 0 Å². The van der Waals surface area contributed by atoms with Gasteiger partial charge in [0.25, 0.3) is 0 Å². The number of morpholine rings is 1. The van der Waals surface area contributed by atoms with E-state index in [-0.39, 0.29) is 23.9 Å². The molecule has 2 aliphatic rings. The van der Waals surface area contributed by atoms with Gasteiger partial charge in [-0.05, 0) is 32.4 Å². The van der Waals surface area contributed by atoms with Crippen LogP contribution in [0.5, 0.6) is 0 Å². The molecular weight excluding hydrogens is 299 g/mol. The van der Waals surface area contributed by atoms with Gasteiger partial charge >= 0.3 is 6.03 Å². The van der Waals surface area contributed by atoms with Gasteiger partial charge in [0.05, 0.1) is 24.4 Å². The fourth-order valence-corrected chi connectivity index (χ4v) is 3.43. The van der Waals surface area contributed by atoms with Crippen molar-refractivity contribution < 1.29 is 18.7 Å². The van der Waals surface area contributed by atoms with E-state index in [0.29, 0.717) is 25.3 Å². The lowest BCUT2D eigenvalue weighted by Gasteiger charge is -2.45. The van der Waals surface area contributed by atoms with E-state index in [9.17, 15) is 9.18 Å². The molecule has 3 rings (SSSR count). The molecule has 126 valence electrons. The van der Waals surface area contributed by atoms with Crippen LogP contribution in [0.2, 0.25) is 0 Å². The molecule has 1 spiro atoms. The second-order valence-corrected chi connectivity index (χ2v) is 6.50. The third-order valence-corrected chi connectivity index (χ3v) is 4.75. The standard InChI is InChI=1S/C17H23FN2O3/c1-11-5-4-6-14(18)15(11)19-16(21)20-9-12(2)23-17(10-20)7-8-22-13(17)3/h4-6,12-13H,7-10H2,1-3H3,(H,19,21)/t12-,13-,17-/m0/s1. The second kappa shape index (κ2) is 6.09. The number of carbonyl (C=O) groups is 1. The third kappa shape index (κ3) is 3.05. The first-order valence-electron chi connectivity index (χ1n) is 8.02. The zero-order valence-electron chi connectivity index (χ0n) is 13.8. The summed E-state index contributed by atoms with van der Waals surface area (Å²) < 4.78 is 25.7. The van der Waals surface area contributed by atoms with Crippen LogP contribution in [0.25, 0.3) is 0 Å². The number of carbonyl (C=O) groups excluding carboxylic acids is 1. The van der Waals surface area contributed by atoms with Crippen LogP contribution in [0, 0.1) is 12.7 Å². The van der Waals surface area contributed by atoms with E-state index < -0.39 is 11.4 Å². The zero-order chi connectivity index (χ0) is 16.6. The Bertz CT molecular complexity index is 589. The van der Waals surface area contributed by atoms with Crippen LogP contribution in [-0.4, -0.2) is 48.4 Å². The van der Waals surface area contributed by atoms with E-state index in [4.69, 9.17) is 9.47 Å². The van der Waals surface area contributed by atoms with E-state index in [1.165, 1.54) is 6.07 Å². The maximum Gasteiger partial charge on any atom is 0.322 e. The summed E-state index contributed by atoms with van der Waals surface area (Å²) in [5, 5.41) is 2.71. The molecule has 5 nitrogen and oxygen atoms in total. The van der Waals surface area contributed by atoms with Crippen LogP contribution in [0.15, 0.2) is 18.2 Å². The molecule has 3 atom stereocenters. The molecule has 0 saturated carbocycles. The highest BCUT2D eigenvalue weighted by Gasteiger charge is 2.48. The highest BCUT2D eigenvalue weighted by molar-refractivity contribution is 5.90. The Morgan fingerprint density at radius 1 is 1.43 bits per heavy atom. The summed E-state index contributed by atoms with van der Waals surface area (Å²) in [4.78, 5) is 14.3. The molecule has 6 heteroatoms. The largest absolute Gasteiger partial charge is 0.375 e. The van der Waals surface area contributed by atoms with Crippen molar-refractivity contribution >= 4 is 11.7 Å². The van der Waals surface area contributed by atoms with Crippen LogP contribution >= 0.6 is 0 Å². The highest BCUT2D eigenvalue weighted by Crippen LogP contribution is 2.35. The van der Waals surface area contributed by atoms with Crippen molar-refractivity contribution in [3.05, 3.63) is 29.6 Å². The first kappa shape index (κ1) is 16.2. The number of rotatable bonds is 1. The topological polar surface area (TPSA) is 50.8 Å². The fourth-order valence-electron chi connectivity index (χ4n) is 3.43. The van der Waals surface area contributed by atoms with Gasteiger partial charge in [0, 0.05) is 19.6 Å². The minimum atomic E-state index is -0.459. The summed E-state index contributed by atoms with van der Waals surface area (Å²) in [6.45, 7) is 7.26. The normalized spacial score (nSPS) is 30.7. The molecule has 1 aromatic carbocycles. The summed E-state index contributed by atoms with van der Waals surface area (Å²) in [7, 11) is 0. The van der Waals surface area contributed by atoms with Gasteiger partial charge < -0.3 is 19.7 Å². The summed E-state index contributed by atoms with van der Waals surface area (Å²) in [6, 6.07) is 4.45. The van der Waals surface area contributed by atoms with Gasteiger partial charge in [-0.25, -0.2) is 9.18 Å². The van der Waals surface area contributed by atoms with Crippen molar-refractivity contribution in [1.82, 2.24) is 4.90 Å². The Morgan fingerprint density at radius 2 is 2.22 bits per heavy atom. The Balaban J connectivity index is 1.77. The fraction of sp³-hybridized carbons (Fsp3) is 0.588. The van der Waals surface area contributed by atoms with Gasteiger partial charge in [-0.15, -0.1) is 0 Å². The average Bonchev–Trinajstić information content (AvgIpc) is 2.82.